The van der Waals surface area contributed by atoms with Crippen molar-refractivity contribution >= 4 is 5.71 Å². The van der Waals surface area contributed by atoms with Gasteiger partial charge in [0, 0.05) is 12.0 Å². The Balaban J connectivity index is 1.57. The van der Waals surface area contributed by atoms with Gasteiger partial charge in [-0.05, 0) is 55.0 Å². The molecule has 0 spiro atoms. The molecule has 0 bridgehead atoms. The van der Waals surface area contributed by atoms with E-state index in [1.165, 1.54) is 0 Å². The van der Waals surface area contributed by atoms with E-state index in [1.54, 1.807) is 7.11 Å². The summed E-state index contributed by atoms with van der Waals surface area (Å²) in [4.78, 5) is 0. The van der Waals surface area contributed by atoms with Crippen LogP contribution in [0.2, 0.25) is 0 Å². The Kier molecular flexibility index (Phi) is 4.79. The van der Waals surface area contributed by atoms with Crippen molar-refractivity contribution in [2.45, 2.75) is 25.6 Å². The summed E-state index contributed by atoms with van der Waals surface area (Å²) in [6, 6.07) is 24.5. The number of methoxy groups -OCH3 is 1. The SMILES string of the molecule is CCOc1ccccc1[C@@H]1Oc2ccccc2[C@@H]2CC(c3ccc(OC)cc3)=NN21. The van der Waals surface area contributed by atoms with Crippen LogP contribution in [0.5, 0.6) is 17.2 Å². The minimum Gasteiger partial charge on any atom is -0.497 e. The number of rotatable bonds is 5. The van der Waals surface area contributed by atoms with Gasteiger partial charge in [-0.25, -0.2) is 5.01 Å². The van der Waals surface area contributed by atoms with E-state index in [0.717, 1.165) is 46.1 Å². The third-order valence-electron chi connectivity index (χ3n) is 5.61. The van der Waals surface area contributed by atoms with Crippen LogP contribution < -0.4 is 14.2 Å². The minimum atomic E-state index is -0.344. The second kappa shape index (κ2) is 7.75. The quantitative estimate of drug-likeness (QED) is 0.580. The average molecular weight is 400 g/mol. The van der Waals surface area contributed by atoms with Crippen LogP contribution in [0.1, 0.15) is 42.3 Å². The second-order valence-electron chi connectivity index (χ2n) is 7.35. The fraction of sp³-hybridized carbons (Fsp3) is 0.240. The molecule has 0 saturated heterocycles. The predicted octanol–water partition coefficient (Wildman–Crippen LogP) is 5.34. The fourth-order valence-electron chi connectivity index (χ4n) is 4.17. The first-order valence-corrected chi connectivity index (χ1v) is 10.3. The molecule has 5 heteroatoms. The summed E-state index contributed by atoms with van der Waals surface area (Å²) in [6.45, 7) is 2.59. The molecule has 0 radical (unpaired) electrons. The lowest BCUT2D eigenvalue weighted by Crippen LogP contribution is -2.34. The van der Waals surface area contributed by atoms with Gasteiger partial charge >= 0.3 is 0 Å². The normalized spacial score (nSPS) is 19.4. The lowest BCUT2D eigenvalue weighted by Gasteiger charge is -2.38. The van der Waals surface area contributed by atoms with Crippen LogP contribution in [-0.4, -0.2) is 24.4 Å². The van der Waals surface area contributed by atoms with Crippen LogP contribution in [0.25, 0.3) is 0 Å². The number of hydrogen-bond acceptors (Lipinski definition) is 5. The smallest absolute Gasteiger partial charge is 0.217 e. The van der Waals surface area contributed by atoms with Crippen LogP contribution in [0.4, 0.5) is 0 Å². The summed E-state index contributed by atoms with van der Waals surface area (Å²) in [5, 5.41) is 7.11. The summed E-state index contributed by atoms with van der Waals surface area (Å²) >= 11 is 0. The molecule has 0 amide bonds. The maximum absolute atomic E-state index is 6.46. The Morgan fingerprint density at radius 2 is 1.70 bits per heavy atom. The maximum Gasteiger partial charge on any atom is 0.217 e. The highest BCUT2D eigenvalue weighted by Crippen LogP contribution is 2.48. The van der Waals surface area contributed by atoms with E-state index >= 15 is 0 Å². The Morgan fingerprint density at radius 3 is 2.47 bits per heavy atom. The number of hydrazone groups is 1. The first-order chi connectivity index (χ1) is 14.8. The first kappa shape index (κ1) is 18.6. The highest BCUT2D eigenvalue weighted by Gasteiger charge is 2.41. The van der Waals surface area contributed by atoms with Gasteiger partial charge in [0.2, 0.25) is 6.23 Å². The third kappa shape index (κ3) is 3.16. The summed E-state index contributed by atoms with van der Waals surface area (Å²) in [5.41, 5.74) is 4.29. The zero-order valence-electron chi connectivity index (χ0n) is 17.1. The first-order valence-electron chi connectivity index (χ1n) is 10.3. The van der Waals surface area contributed by atoms with E-state index in [0.29, 0.717) is 6.61 Å². The summed E-state index contributed by atoms with van der Waals surface area (Å²) in [5.74, 6) is 2.57. The van der Waals surface area contributed by atoms with Gasteiger partial charge in [-0.1, -0.05) is 30.3 Å². The standard InChI is InChI=1S/C25H24N2O3/c1-3-29-23-10-6-5-9-20(23)25-27-22(19-8-4-7-11-24(19)30-25)16-21(26-27)17-12-14-18(28-2)15-13-17/h4-15,22,25H,3,16H2,1-2H3/t22-,25-/m0/s1. The van der Waals surface area contributed by atoms with Crippen molar-refractivity contribution in [1.29, 1.82) is 0 Å². The van der Waals surface area contributed by atoms with Gasteiger partial charge in [-0.3, -0.25) is 0 Å². The van der Waals surface area contributed by atoms with Crippen molar-refractivity contribution < 1.29 is 14.2 Å². The predicted molar refractivity (Wildman–Crippen MR) is 116 cm³/mol. The Hall–Kier alpha value is -3.47. The van der Waals surface area contributed by atoms with Crippen LogP contribution >= 0.6 is 0 Å². The number of ether oxygens (including phenoxy) is 3. The number of para-hydroxylation sites is 2. The van der Waals surface area contributed by atoms with E-state index < -0.39 is 0 Å². The van der Waals surface area contributed by atoms with Crippen molar-refractivity contribution in [3.8, 4) is 17.2 Å². The fourth-order valence-corrected chi connectivity index (χ4v) is 4.17. The van der Waals surface area contributed by atoms with Gasteiger partial charge in [0.05, 0.1) is 31.0 Å². The van der Waals surface area contributed by atoms with Crippen LogP contribution in [0.15, 0.2) is 77.9 Å². The van der Waals surface area contributed by atoms with E-state index in [9.17, 15) is 0 Å². The van der Waals surface area contributed by atoms with E-state index in [-0.39, 0.29) is 12.3 Å². The Bertz CT molecular complexity index is 1080. The minimum absolute atomic E-state index is 0.117. The summed E-state index contributed by atoms with van der Waals surface area (Å²) in [6.07, 6.45) is 0.475. The third-order valence-corrected chi connectivity index (χ3v) is 5.61. The number of benzene rings is 3. The summed E-state index contributed by atoms with van der Waals surface area (Å²) < 4.78 is 17.7. The monoisotopic (exact) mass is 400 g/mol. The van der Waals surface area contributed by atoms with Gasteiger partial charge in [0.1, 0.15) is 17.2 Å². The summed E-state index contributed by atoms with van der Waals surface area (Å²) in [7, 11) is 1.68. The lowest BCUT2D eigenvalue weighted by molar-refractivity contribution is -0.0205. The zero-order chi connectivity index (χ0) is 20.5. The largest absolute Gasteiger partial charge is 0.497 e. The number of fused-ring (bicyclic) bond motifs is 3. The van der Waals surface area contributed by atoms with Crippen molar-refractivity contribution in [3.63, 3.8) is 0 Å². The molecule has 2 heterocycles. The lowest BCUT2D eigenvalue weighted by atomic mass is 9.96. The molecule has 0 N–H and O–H groups in total. The van der Waals surface area contributed by atoms with E-state index in [2.05, 4.69) is 35.3 Å². The van der Waals surface area contributed by atoms with Gasteiger partial charge in [-0.15, -0.1) is 0 Å². The zero-order valence-corrected chi connectivity index (χ0v) is 17.1. The molecule has 0 aliphatic carbocycles. The molecule has 30 heavy (non-hydrogen) atoms. The molecule has 2 aliphatic heterocycles. The molecule has 152 valence electrons. The molecule has 0 aromatic heterocycles. The molecule has 0 unspecified atom stereocenters. The van der Waals surface area contributed by atoms with Crippen LogP contribution in [0, 0.1) is 0 Å². The molecule has 3 aromatic rings. The Labute approximate surface area is 176 Å². The molecule has 3 aromatic carbocycles. The van der Waals surface area contributed by atoms with Crippen molar-refractivity contribution in [1.82, 2.24) is 5.01 Å². The maximum atomic E-state index is 6.46. The van der Waals surface area contributed by atoms with Crippen molar-refractivity contribution in [2.24, 2.45) is 5.10 Å². The average Bonchev–Trinajstić information content (AvgIpc) is 3.25. The molecular formula is C25H24N2O3. The molecule has 2 atom stereocenters. The van der Waals surface area contributed by atoms with Crippen LogP contribution in [-0.2, 0) is 0 Å². The Morgan fingerprint density at radius 1 is 0.967 bits per heavy atom. The molecule has 0 fully saturated rings. The van der Waals surface area contributed by atoms with Gasteiger partial charge < -0.3 is 14.2 Å². The molecule has 5 rings (SSSR count). The van der Waals surface area contributed by atoms with Crippen molar-refractivity contribution in [3.05, 3.63) is 89.5 Å². The van der Waals surface area contributed by atoms with Gasteiger partial charge in [0.15, 0.2) is 0 Å². The molecular weight excluding hydrogens is 376 g/mol. The van der Waals surface area contributed by atoms with E-state index in [4.69, 9.17) is 19.3 Å². The van der Waals surface area contributed by atoms with Gasteiger partial charge in [0.25, 0.3) is 0 Å². The van der Waals surface area contributed by atoms with Crippen molar-refractivity contribution in [2.75, 3.05) is 13.7 Å². The highest BCUT2D eigenvalue weighted by atomic mass is 16.5. The van der Waals surface area contributed by atoms with E-state index in [1.807, 2.05) is 49.4 Å². The molecule has 2 aliphatic rings. The second-order valence-corrected chi connectivity index (χ2v) is 7.35. The van der Waals surface area contributed by atoms with Gasteiger partial charge in [-0.2, -0.15) is 5.10 Å². The number of nitrogens with zero attached hydrogens (tertiary/aromatic N) is 2. The topological polar surface area (TPSA) is 43.3 Å². The number of hydrogen-bond donors (Lipinski definition) is 0. The molecule has 5 nitrogen and oxygen atoms in total. The highest BCUT2D eigenvalue weighted by molar-refractivity contribution is 6.02. The van der Waals surface area contributed by atoms with Crippen LogP contribution in [0.3, 0.4) is 0 Å². The molecule has 0 saturated carbocycles.